The average Bonchev–Trinajstić information content (AvgIpc) is 3.23. The summed E-state index contributed by atoms with van der Waals surface area (Å²) in [5, 5.41) is 13.1. The fourth-order valence-electron chi connectivity index (χ4n) is 3.36. The number of nitrogens with zero attached hydrogens (tertiary/aromatic N) is 3. The van der Waals surface area contributed by atoms with Crippen LogP contribution in [0.25, 0.3) is 16.8 Å². The monoisotopic (exact) mass is 444 g/mol. The molecule has 168 valence electrons. The molecule has 3 amide bonds. The standard InChI is InChI=1S/C24H24N6O3/c1-33-14-13-26-23(31)21-20-8-7-19(28-24(32)27-15-17-9-11-25-12-10-17)16-30(20)29-22(21)18-5-3-2-4-6-18/h2-12,16H,13-15H2,1H3,(H,26,31)(H2,27,28,32). The lowest BCUT2D eigenvalue weighted by atomic mass is 10.1. The zero-order valence-corrected chi connectivity index (χ0v) is 18.1. The maximum Gasteiger partial charge on any atom is 0.319 e. The second-order valence-electron chi connectivity index (χ2n) is 7.25. The fraction of sp³-hybridized carbons (Fsp3) is 0.167. The summed E-state index contributed by atoms with van der Waals surface area (Å²) in [5.74, 6) is -0.239. The number of amides is 3. The number of anilines is 1. The van der Waals surface area contributed by atoms with Crippen molar-refractivity contribution in [2.45, 2.75) is 6.54 Å². The van der Waals surface area contributed by atoms with Crippen molar-refractivity contribution < 1.29 is 14.3 Å². The number of pyridine rings is 2. The molecule has 9 nitrogen and oxygen atoms in total. The van der Waals surface area contributed by atoms with Gasteiger partial charge in [0.2, 0.25) is 0 Å². The van der Waals surface area contributed by atoms with Gasteiger partial charge in [0.1, 0.15) is 5.69 Å². The van der Waals surface area contributed by atoms with E-state index < -0.39 is 0 Å². The third-order valence-corrected chi connectivity index (χ3v) is 4.96. The Kier molecular flexibility index (Phi) is 6.91. The first-order chi connectivity index (χ1) is 16.2. The fourth-order valence-corrected chi connectivity index (χ4v) is 3.36. The van der Waals surface area contributed by atoms with Crippen molar-refractivity contribution >= 4 is 23.1 Å². The molecule has 0 aliphatic rings. The summed E-state index contributed by atoms with van der Waals surface area (Å²) < 4.78 is 6.63. The molecular weight excluding hydrogens is 420 g/mol. The highest BCUT2D eigenvalue weighted by Gasteiger charge is 2.21. The number of nitrogens with one attached hydrogen (secondary N) is 3. The Morgan fingerprint density at radius 2 is 1.79 bits per heavy atom. The van der Waals surface area contributed by atoms with Gasteiger partial charge in [0.05, 0.1) is 29.6 Å². The quantitative estimate of drug-likeness (QED) is 0.362. The zero-order chi connectivity index (χ0) is 23.0. The largest absolute Gasteiger partial charge is 0.383 e. The van der Waals surface area contributed by atoms with Gasteiger partial charge in [0.15, 0.2) is 0 Å². The van der Waals surface area contributed by atoms with Gasteiger partial charge < -0.3 is 20.7 Å². The summed E-state index contributed by atoms with van der Waals surface area (Å²) >= 11 is 0. The van der Waals surface area contributed by atoms with Crippen LogP contribution in [0.5, 0.6) is 0 Å². The van der Waals surface area contributed by atoms with Gasteiger partial charge in [-0.3, -0.25) is 9.78 Å². The number of methoxy groups -OCH3 is 1. The summed E-state index contributed by atoms with van der Waals surface area (Å²) in [6.45, 7) is 1.18. The number of hydrogen-bond donors (Lipinski definition) is 3. The van der Waals surface area contributed by atoms with E-state index in [1.807, 2.05) is 42.5 Å². The molecule has 0 aliphatic carbocycles. The Bertz CT molecular complexity index is 1240. The maximum absolute atomic E-state index is 13.0. The molecule has 0 saturated carbocycles. The van der Waals surface area contributed by atoms with Crippen LogP contribution in [0.2, 0.25) is 0 Å². The first-order valence-corrected chi connectivity index (χ1v) is 10.4. The van der Waals surface area contributed by atoms with Crippen LogP contribution in [0.4, 0.5) is 10.5 Å². The van der Waals surface area contributed by atoms with E-state index in [0.29, 0.717) is 42.2 Å². The molecule has 0 spiro atoms. The molecule has 0 radical (unpaired) electrons. The number of ether oxygens (including phenoxy) is 1. The highest BCUT2D eigenvalue weighted by molar-refractivity contribution is 6.06. The lowest BCUT2D eigenvalue weighted by molar-refractivity contribution is 0.0939. The number of carbonyl (C=O) groups excluding carboxylic acids is 2. The minimum absolute atomic E-state index is 0.239. The highest BCUT2D eigenvalue weighted by Crippen LogP contribution is 2.27. The van der Waals surface area contributed by atoms with Gasteiger partial charge in [-0.25, -0.2) is 9.31 Å². The lowest BCUT2D eigenvalue weighted by Crippen LogP contribution is -2.28. The Morgan fingerprint density at radius 3 is 2.55 bits per heavy atom. The summed E-state index contributed by atoms with van der Waals surface area (Å²) in [7, 11) is 1.58. The minimum atomic E-state index is -0.348. The van der Waals surface area contributed by atoms with E-state index in [-0.39, 0.29) is 11.9 Å². The van der Waals surface area contributed by atoms with Gasteiger partial charge in [-0.2, -0.15) is 5.10 Å². The molecule has 0 atom stereocenters. The maximum atomic E-state index is 13.0. The van der Waals surface area contributed by atoms with Crippen LogP contribution in [-0.4, -0.2) is 46.8 Å². The van der Waals surface area contributed by atoms with Crippen molar-refractivity contribution in [1.29, 1.82) is 0 Å². The molecule has 3 N–H and O–H groups in total. The molecule has 0 unspecified atom stereocenters. The van der Waals surface area contributed by atoms with Crippen molar-refractivity contribution in [3.8, 4) is 11.3 Å². The van der Waals surface area contributed by atoms with E-state index in [9.17, 15) is 9.59 Å². The number of fused-ring (bicyclic) bond motifs is 1. The van der Waals surface area contributed by atoms with Gasteiger partial charge in [-0.1, -0.05) is 30.3 Å². The molecule has 0 aliphatic heterocycles. The third kappa shape index (κ3) is 5.34. The van der Waals surface area contributed by atoms with E-state index in [1.165, 1.54) is 0 Å². The lowest BCUT2D eigenvalue weighted by Gasteiger charge is -2.08. The van der Waals surface area contributed by atoms with Crippen LogP contribution >= 0.6 is 0 Å². The second-order valence-corrected chi connectivity index (χ2v) is 7.25. The predicted octanol–water partition coefficient (Wildman–Crippen LogP) is 3.09. The number of aromatic nitrogens is 3. The number of benzene rings is 1. The number of carbonyl (C=O) groups is 2. The average molecular weight is 444 g/mol. The number of hydrogen-bond acceptors (Lipinski definition) is 5. The van der Waals surface area contributed by atoms with Crippen LogP contribution in [0.15, 0.2) is 73.2 Å². The van der Waals surface area contributed by atoms with Crippen LogP contribution in [0, 0.1) is 0 Å². The van der Waals surface area contributed by atoms with Crippen LogP contribution in [-0.2, 0) is 11.3 Å². The summed E-state index contributed by atoms with van der Waals surface area (Å²) in [6.07, 6.45) is 5.03. The van der Waals surface area contributed by atoms with Crippen molar-refractivity contribution in [3.05, 3.63) is 84.3 Å². The van der Waals surface area contributed by atoms with Crippen molar-refractivity contribution in [2.75, 3.05) is 25.6 Å². The van der Waals surface area contributed by atoms with Crippen LogP contribution < -0.4 is 16.0 Å². The molecule has 3 heterocycles. The topological polar surface area (TPSA) is 110 Å². The highest BCUT2D eigenvalue weighted by atomic mass is 16.5. The summed E-state index contributed by atoms with van der Waals surface area (Å²) in [4.78, 5) is 29.3. The number of rotatable bonds is 8. The van der Waals surface area contributed by atoms with Crippen molar-refractivity contribution in [1.82, 2.24) is 25.2 Å². The van der Waals surface area contributed by atoms with Gasteiger partial charge in [0, 0.05) is 38.2 Å². The van der Waals surface area contributed by atoms with Gasteiger partial charge in [-0.15, -0.1) is 0 Å². The van der Waals surface area contributed by atoms with Crippen molar-refractivity contribution in [3.63, 3.8) is 0 Å². The Balaban J connectivity index is 1.58. The second kappa shape index (κ2) is 10.4. The van der Waals surface area contributed by atoms with E-state index in [1.54, 1.807) is 42.3 Å². The molecule has 9 heteroatoms. The van der Waals surface area contributed by atoms with Gasteiger partial charge in [0.25, 0.3) is 5.91 Å². The van der Waals surface area contributed by atoms with Crippen LogP contribution in [0.1, 0.15) is 15.9 Å². The molecule has 4 rings (SSSR count). The molecule has 1 aromatic carbocycles. The third-order valence-electron chi connectivity index (χ3n) is 4.96. The van der Waals surface area contributed by atoms with Gasteiger partial charge >= 0.3 is 6.03 Å². The molecular formula is C24H24N6O3. The molecule has 0 bridgehead atoms. The van der Waals surface area contributed by atoms with E-state index in [2.05, 4.69) is 26.0 Å². The SMILES string of the molecule is COCCNC(=O)c1c(-c2ccccc2)nn2cc(NC(=O)NCc3ccncc3)ccc12. The van der Waals surface area contributed by atoms with Crippen molar-refractivity contribution in [2.24, 2.45) is 0 Å². The summed E-state index contributed by atoms with van der Waals surface area (Å²) in [5.41, 5.74) is 3.97. The Labute approximate surface area is 190 Å². The minimum Gasteiger partial charge on any atom is -0.383 e. The van der Waals surface area contributed by atoms with E-state index in [0.717, 1.165) is 11.1 Å². The van der Waals surface area contributed by atoms with Gasteiger partial charge in [-0.05, 0) is 29.8 Å². The Morgan fingerprint density at radius 1 is 1.00 bits per heavy atom. The first kappa shape index (κ1) is 22.0. The molecule has 0 fully saturated rings. The predicted molar refractivity (Wildman–Crippen MR) is 125 cm³/mol. The van der Waals surface area contributed by atoms with E-state index in [4.69, 9.17) is 4.74 Å². The normalized spacial score (nSPS) is 10.7. The Hall–Kier alpha value is -4.24. The first-order valence-electron chi connectivity index (χ1n) is 10.4. The zero-order valence-electron chi connectivity index (χ0n) is 18.1. The summed E-state index contributed by atoms with van der Waals surface area (Å²) in [6, 6.07) is 16.3. The van der Waals surface area contributed by atoms with Crippen LogP contribution in [0.3, 0.4) is 0 Å². The smallest absolute Gasteiger partial charge is 0.319 e. The van der Waals surface area contributed by atoms with E-state index >= 15 is 0 Å². The molecule has 0 saturated heterocycles. The molecule has 33 heavy (non-hydrogen) atoms. The molecule has 3 aromatic heterocycles. The number of urea groups is 1. The molecule has 4 aromatic rings.